The SMILES string of the molecule is COc1cc(OC2CC(N(CC3CCN(c4cnc(C(=O)NC5CCC(Oc6cc(C)c(C#N)c(C)c6)CC5)cn4)CC3)C(C)C)C2)cc2c1C(=O)N(C1CCC(=O)NC1=O)C2=O. The number of amides is 5. The highest BCUT2D eigenvalue weighted by Gasteiger charge is 2.47. The van der Waals surface area contributed by atoms with Gasteiger partial charge in [0.1, 0.15) is 40.9 Å². The molecule has 2 saturated carbocycles. The van der Waals surface area contributed by atoms with Gasteiger partial charge in [0, 0.05) is 63.1 Å². The third kappa shape index (κ3) is 9.20. The van der Waals surface area contributed by atoms with Crippen LogP contribution in [-0.4, -0.2) is 112 Å². The highest BCUT2D eigenvalue weighted by atomic mass is 16.5. The lowest BCUT2D eigenvalue weighted by Crippen LogP contribution is -2.54. The average molecular weight is 861 g/mol. The van der Waals surface area contributed by atoms with Crippen LogP contribution < -0.4 is 29.7 Å². The Labute approximate surface area is 367 Å². The molecular weight excluding hydrogens is 805 g/mol. The lowest BCUT2D eigenvalue weighted by molar-refractivity contribution is -0.136. The van der Waals surface area contributed by atoms with Crippen LogP contribution in [-0.2, 0) is 9.59 Å². The number of aryl methyl sites for hydroxylation is 2. The summed E-state index contributed by atoms with van der Waals surface area (Å²) in [6, 6.07) is 8.94. The van der Waals surface area contributed by atoms with Crippen molar-refractivity contribution in [3.63, 3.8) is 0 Å². The summed E-state index contributed by atoms with van der Waals surface area (Å²) in [5, 5.41) is 14.7. The number of rotatable bonds is 13. The fourth-order valence-corrected chi connectivity index (χ4v) is 9.83. The maximum atomic E-state index is 13.5. The van der Waals surface area contributed by atoms with E-state index in [-0.39, 0.29) is 53.9 Å². The summed E-state index contributed by atoms with van der Waals surface area (Å²) < 4.78 is 18.1. The predicted octanol–water partition coefficient (Wildman–Crippen LogP) is 5.03. The number of methoxy groups -OCH3 is 1. The van der Waals surface area contributed by atoms with Crippen LogP contribution in [0.2, 0.25) is 0 Å². The number of nitriles is 1. The monoisotopic (exact) mass is 860 g/mol. The molecule has 5 amide bonds. The zero-order valence-electron chi connectivity index (χ0n) is 36.6. The Morgan fingerprint density at radius 2 is 1.59 bits per heavy atom. The van der Waals surface area contributed by atoms with Crippen LogP contribution in [0.5, 0.6) is 17.2 Å². The molecular formula is C47H56N8O8. The van der Waals surface area contributed by atoms with Crippen molar-refractivity contribution in [2.75, 3.05) is 31.6 Å². The van der Waals surface area contributed by atoms with E-state index in [1.54, 1.807) is 24.5 Å². The molecule has 3 aromatic rings. The Morgan fingerprint density at radius 1 is 0.905 bits per heavy atom. The quantitative estimate of drug-likeness (QED) is 0.218. The van der Waals surface area contributed by atoms with Crippen molar-refractivity contribution < 1.29 is 38.2 Å². The maximum absolute atomic E-state index is 13.5. The zero-order chi connectivity index (χ0) is 44.5. The van der Waals surface area contributed by atoms with Gasteiger partial charge in [-0.3, -0.25) is 39.1 Å². The second-order valence-electron chi connectivity index (χ2n) is 18.0. The number of ether oxygens (including phenoxy) is 3. The number of nitrogens with zero attached hydrogens (tertiary/aromatic N) is 6. The van der Waals surface area contributed by atoms with Crippen LogP contribution in [0.3, 0.4) is 0 Å². The molecule has 16 nitrogen and oxygen atoms in total. The number of benzene rings is 2. The number of nitrogens with one attached hydrogen (secondary N) is 2. The normalized spacial score (nSPS) is 23.9. The smallest absolute Gasteiger partial charge is 0.271 e. The number of fused-ring (bicyclic) bond motifs is 1. The molecule has 2 aliphatic carbocycles. The summed E-state index contributed by atoms with van der Waals surface area (Å²) in [7, 11) is 1.42. The third-order valence-electron chi connectivity index (χ3n) is 13.4. The number of hydrogen-bond acceptors (Lipinski definition) is 13. The van der Waals surface area contributed by atoms with E-state index in [1.807, 2.05) is 26.0 Å². The van der Waals surface area contributed by atoms with E-state index in [0.29, 0.717) is 35.0 Å². The summed E-state index contributed by atoms with van der Waals surface area (Å²) in [5.74, 6) is 0.167. The summed E-state index contributed by atoms with van der Waals surface area (Å²) in [6.45, 7) is 11.0. The first kappa shape index (κ1) is 43.6. The van der Waals surface area contributed by atoms with E-state index in [2.05, 4.69) is 50.3 Å². The van der Waals surface area contributed by atoms with E-state index >= 15 is 0 Å². The topological polar surface area (TPSA) is 196 Å². The molecule has 3 aliphatic heterocycles. The molecule has 1 atom stereocenters. The molecule has 63 heavy (non-hydrogen) atoms. The van der Waals surface area contributed by atoms with Crippen molar-refractivity contribution in [3.05, 3.63) is 70.2 Å². The van der Waals surface area contributed by atoms with Crippen LogP contribution >= 0.6 is 0 Å². The number of hydrogen-bond donors (Lipinski definition) is 2. The van der Waals surface area contributed by atoms with Gasteiger partial charge in [-0.15, -0.1) is 0 Å². The fraction of sp³-hybridized carbons (Fsp3) is 0.532. The van der Waals surface area contributed by atoms with Gasteiger partial charge in [0.25, 0.3) is 17.7 Å². The van der Waals surface area contributed by atoms with Gasteiger partial charge in [0.15, 0.2) is 0 Å². The zero-order valence-corrected chi connectivity index (χ0v) is 36.6. The van der Waals surface area contributed by atoms with Crippen LogP contribution in [0.15, 0.2) is 36.7 Å². The van der Waals surface area contributed by atoms with Crippen molar-refractivity contribution in [3.8, 4) is 23.3 Å². The average Bonchev–Trinajstić information content (AvgIpc) is 3.50. The number of anilines is 1. The number of carbonyl (C=O) groups is 5. The first-order valence-electron chi connectivity index (χ1n) is 22.2. The summed E-state index contributed by atoms with van der Waals surface area (Å²) in [4.78, 5) is 79.1. The Balaban J connectivity index is 0.778. The molecule has 16 heteroatoms. The highest BCUT2D eigenvalue weighted by Crippen LogP contribution is 2.40. The number of imide groups is 2. The van der Waals surface area contributed by atoms with Crippen LogP contribution in [0.1, 0.15) is 126 Å². The number of aromatic nitrogens is 2. The second-order valence-corrected chi connectivity index (χ2v) is 18.0. The van der Waals surface area contributed by atoms with E-state index in [0.717, 1.165) is 98.6 Å². The summed E-state index contributed by atoms with van der Waals surface area (Å²) >= 11 is 0. The molecule has 0 spiro atoms. The first-order chi connectivity index (χ1) is 30.3. The van der Waals surface area contributed by atoms with Crippen molar-refractivity contribution in [1.29, 1.82) is 5.26 Å². The Bertz CT molecular complexity index is 2280. The van der Waals surface area contributed by atoms with Crippen molar-refractivity contribution in [2.24, 2.45) is 5.92 Å². The van der Waals surface area contributed by atoms with Gasteiger partial charge in [0.2, 0.25) is 11.8 Å². The first-order valence-corrected chi connectivity index (χ1v) is 22.2. The molecule has 0 radical (unpaired) electrons. The molecule has 8 rings (SSSR count). The summed E-state index contributed by atoms with van der Waals surface area (Å²) in [6.07, 6.45) is 10.3. The molecule has 2 saturated heterocycles. The van der Waals surface area contributed by atoms with Gasteiger partial charge in [-0.1, -0.05) is 0 Å². The van der Waals surface area contributed by atoms with Gasteiger partial charge in [-0.25, -0.2) is 9.97 Å². The Hall–Kier alpha value is -6.08. The van der Waals surface area contributed by atoms with Crippen LogP contribution in [0.25, 0.3) is 0 Å². The van der Waals surface area contributed by atoms with Crippen molar-refractivity contribution in [2.45, 2.75) is 128 Å². The predicted molar refractivity (Wildman–Crippen MR) is 231 cm³/mol. The minimum absolute atomic E-state index is 0.0431. The van der Waals surface area contributed by atoms with E-state index in [9.17, 15) is 29.2 Å². The molecule has 1 unspecified atom stereocenters. The molecule has 2 N–H and O–H groups in total. The number of piperidine rings is 2. The maximum Gasteiger partial charge on any atom is 0.271 e. The molecule has 4 heterocycles. The Kier molecular flexibility index (Phi) is 12.7. The lowest BCUT2D eigenvalue weighted by Gasteiger charge is -2.46. The van der Waals surface area contributed by atoms with Crippen molar-refractivity contribution in [1.82, 2.24) is 30.4 Å². The molecule has 2 aromatic carbocycles. The van der Waals surface area contributed by atoms with E-state index in [1.165, 1.54) is 7.11 Å². The van der Waals surface area contributed by atoms with E-state index < -0.39 is 29.7 Å². The van der Waals surface area contributed by atoms with Gasteiger partial charge in [-0.2, -0.15) is 5.26 Å². The molecule has 0 bridgehead atoms. The molecule has 5 aliphatic rings. The lowest BCUT2D eigenvalue weighted by atomic mass is 9.85. The van der Waals surface area contributed by atoms with Gasteiger partial charge >= 0.3 is 0 Å². The molecule has 1 aromatic heterocycles. The largest absolute Gasteiger partial charge is 0.496 e. The molecule has 4 fully saturated rings. The van der Waals surface area contributed by atoms with Gasteiger partial charge in [-0.05, 0) is 108 Å². The van der Waals surface area contributed by atoms with Gasteiger partial charge in [0.05, 0.1) is 48.4 Å². The number of carbonyl (C=O) groups excluding carboxylic acids is 5. The standard InChI is InChI=1S/C47H56N8O8/c1-26(2)54(31-18-34(19-31)63-35-20-36-43(40(21-35)61-5)47(60)55(46(36)59)39-10-11-42(56)52-45(39)58)25-29-12-14-53(15-13-29)41-24-49-38(23-50-41)44(57)51-30-6-8-32(9-7-30)62-33-16-27(3)37(22-48)28(4)17-33/h16-17,20-21,23-24,26,29-32,34,39H,6-15,18-19,25H2,1-5H3,(H,51,57)(H,52,56,58). The third-order valence-corrected chi connectivity index (χ3v) is 13.4. The second kappa shape index (κ2) is 18.3. The molecule has 332 valence electrons. The van der Waals surface area contributed by atoms with Gasteiger partial charge < -0.3 is 24.4 Å². The van der Waals surface area contributed by atoms with Crippen LogP contribution in [0, 0.1) is 31.1 Å². The Morgan fingerprint density at radius 3 is 2.21 bits per heavy atom. The fourth-order valence-electron chi connectivity index (χ4n) is 9.83. The highest BCUT2D eigenvalue weighted by molar-refractivity contribution is 6.24. The van der Waals surface area contributed by atoms with E-state index in [4.69, 9.17) is 14.2 Å². The van der Waals surface area contributed by atoms with Crippen LogP contribution in [0.4, 0.5) is 5.82 Å². The minimum atomic E-state index is -1.06. The minimum Gasteiger partial charge on any atom is -0.496 e. The summed E-state index contributed by atoms with van der Waals surface area (Å²) in [5.41, 5.74) is 3.05. The van der Waals surface area contributed by atoms with Crippen molar-refractivity contribution >= 4 is 35.4 Å².